The lowest BCUT2D eigenvalue weighted by Gasteiger charge is -2.05. The molecule has 0 bridgehead atoms. The Bertz CT molecular complexity index is 868. The highest BCUT2D eigenvalue weighted by Crippen LogP contribution is 2.18. The first-order chi connectivity index (χ1) is 12.5. The summed E-state index contributed by atoms with van der Waals surface area (Å²) in [6, 6.07) is 15.2. The van der Waals surface area contributed by atoms with Crippen LogP contribution in [-0.2, 0) is 6.42 Å². The maximum absolute atomic E-state index is 12.2. The van der Waals surface area contributed by atoms with Gasteiger partial charge in [0.15, 0.2) is 0 Å². The maximum Gasteiger partial charge on any atom is 0.322 e. The van der Waals surface area contributed by atoms with Crippen LogP contribution in [0.1, 0.15) is 47.1 Å². The van der Waals surface area contributed by atoms with E-state index in [1.807, 2.05) is 0 Å². The molecule has 0 aliphatic rings. The first-order valence-corrected chi connectivity index (χ1v) is 8.42. The Hall–Kier alpha value is -3.15. The van der Waals surface area contributed by atoms with Gasteiger partial charge in [0, 0.05) is 5.56 Å². The van der Waals surface area contributed by atoms with Crippen LogP contribution in [0.5, 0.6) is 5.75 Å². The first kappa shape index (κ1) is 17.7. The molecule has 0 fully saturated rings. The largest absolute Gasteiger partial charge is 0.497 e. The summed E-state index contributed by atoms with van der Waals surface area (Å²) in [5.41, 5.74) is 2.84. The summed E-state index contributed by atoms with van der Waals surface area (Å²) in [5.74, 6) is 1.31. The fourth-order valence-electron chi connectivity index (χ4n) is 2.48. The molecule has 1 amide bonds. The number of nitrogens with zero attached hydrogens (tertiary/aromatic N) is 2. The van der Waals surface area contributed by atoms with Gasteiger partial charge in [0.25, 0.3) is 5.91 Å². The van der Waals surface area contributed by atoms with E-state index in [-0.39, 0.29) is 11.9 Å². The molecule has 1 heterocycles. The highest BCUT2D eigenvalue weighted by atomic mass is 16.5. The molecule has 2 aromatic carbocycles. The molecular formula is C20H21N3O3. The number of hydrogen-bond donors (Lipinski definition) is 1. The minimum Gasteiger partial charge on any atom is -0.497 e. The number of ether oxygens (including phenoxy) is 1. The van der Waals surface area contributed by atoms with Gasteiger partial charge < -0.3 is 9.15 Å². The summed E-state index contributed by atoms with van der Waals surface area (Å²) < 4.78 is 10.6. The average molecular weight is 351 g/mol. The highest BCUT2D eigenvalue weighted by Gasteiger charge is 2.12. The molecule has 3 rings (SSSR count). The van der Waals surface area contributed by atoms with Crippen molar-refractivity contribution in [3.63, 3.8) is 0 Å². The van der Waals surface area contributed by atoms with Gasteiger partial charge in [-0.15, -0.1) is 5.10 Å². The molecule has 0 saturated heterocycles. The van der Waals surface area contributed by atoms with Gasteiger partial charge in [-0.1, -0.05) is 43.2 Å². The molecule has 6 nitrogen and oxygen atoms in total. The summed E-state index contributed by atoms with van der Waals surface area (Å²) in [6.07, 6.45) is 0.518. The molecule has 1 aromatic heterocycles. The lowest BCUT2D eigenvalue weighted by molar-refractivity contribution is 0.102. The normalized spacial score (nSPS) is 10.8. The third-order valence-electron chi connectivity index (χ3n) is 4.04. The molecule has 0 aliphatic heterocycles. The monoisotopic (exact) mass is 351 g/mol. The number of amides is 1. The van der Waals surface area contributed by atoms with E-state index in [0.29, 0.717) is 29.5 Å². The van der Waals surface area contributed by atoms with Crippen molar-refractivity contribution in [2.24, 2.45) is 0 Å². The van der Waals surface area contributed by atoms with Gasteiger partial charge in [0.2, 0.25) is 5.89 Å². The van der Waals surface area contributed by atoms with Crippen molar-refractivity contribution in [2.75, 3.05) is 12.4 Å². The van der Waals surface area contributed by atoms with E-state index >= 15 is 0 Å². The molecule has 3 aromatic rings. The van der Waals surface area contributed by atoms with Gasteiger partial charge in [0.05, 0.1) is 13.5 Å². The van der Waals surface area contributed by atoms with Crippen molar-refractivity contribution < 1.29 is 13.9 Å². The zero-order valence-electron chi connectivity index (χ0n) is 15.0. The van der Waals surface area contributed by atoms with Crippen LogP contribution in [0, 0.1) is 0 Å². The van der Waals surface area contributed by atoms with Gasteiger partial charge in [-0.2, -0.15) is 0 Å². The van der Waals surface area contributed by atoms with E-state index in [4.69, 9.17) is 9.15 Å². The summed E-state index contributed by atoms with van der Waals surface area (Å²) >= 11 is 0. The molecule has 0 saturated carbocycles. The van der Waals surface area contributed by atoms with Gasteiger partial charge in [-0.3, -0.25) is 10.1 Å². The number of nitrogens with one attached hydrogen (secondary N) is 1. The van der Waals surface area contributed by atoms with Gasteiger partial charge >= 0.3 is 6.01 Å². The van der Waals surface area contributed by atoms with Gasteiger partial charge in [-0.25, -0.2) is 0 Å². The summed E-state index contributed by atoms with van der Waals surface area (Å²) in [4.78, 5) is 12.2. The predicted molar refractivity (Wildman–Crippen MR) is 98.6 cm³/mol. The second-order valence-electron chi connectivity index (χ2n) is 6.26. The van der Waals surface area contributed by atoms with Crippen LogP contribution in [0.25, 0.3) is 0 Å². The zero-order chi connectivity index (χ0) is 18.5. The minimum absolute atomic E-state index is 0.0830. The SMILES string of the molecule is COc1ccc(C(=O)Nc2nnc(Cc3ccc(C(C)C)cc3)o2)cc1. The van der Waals surface area contributed by atoms with E-state index in [2.05, 4.69) is 53.6 Å². The highest BCUT2D eigenvalue weighted by molar-refractivity contribution is 6.03. The van der Waals surface area contributed by atoms with Crippen molar-refractivity contribution in [2.45, 2.75) is 26.2 Å². The van der Waals surface area contributed by atoms with Crippen LogP contribution in [0.4, 0.5) is 6.01 Å². The Morgan fingerprint density at radius 2 is 1.77 bits per heavy atom. The number of carbonyl (C=O) groups is 1. The van der Waals surface area contributed by atoms with Crippen LogP contribution in [0.3, 0.4) is 0 Å². The minimum atomic E-state index is -0.316. The Kier molecular flexibility index (Phi) is 5.31. The summed E-state index contributed by atoms with van der Waals surface area (Å²) in [6.45, 7) is 4.32. The van der Waals surface area contributed by atoms with Crippen molar-refractivity contribution in [3.05, 3.63) is 71.1 Å². The van der Waals surface area contributed by atoms with E-state index in [0.717, 1.165) is 5.56 Å². The molecule has 1 N–H and O–H groups in total. The van der Waals surface area contributed by atoms with Crippen LogP contribution in [-0.4, -0.2) is 23.2 Å². The number of rotatable bonds is 6. The number of aromatic nitrogens is 2. The number of carbonyl (C=O) groups excluding carboxylic acids is 1. The molecule has 0 aliphatic carbocycles. The quantitative estimate of drug-likeness (QED) is 0.725. The Morgan fingerprint density at radius 3 is 2.38 bits per heavy atom. The second-order valence-corrected chi connectivity index (χ2v) is 6.26. The Balaban J connectivity index is 1.62. The number of anilines is 1. The van der Waals surface area contributed by atoms with Crippen molar-refractivity contribution in [3.8, 4) is 5.75 Å². The molecule has 6 heteroatoms. The topological polar surface area (TPSA) is 77.2 Å². The molecule has 0 spiro atoms. The fraction of sp³-hybridized carbons (Fsp3) is 0.250. The molecular weight excluding hydrogens is 330 g/mol. The Labute approximate surface area is 152 Å². The van der Waals surface area contributed by atoms with Gasteiger partial charge in [0.1, 0.15) is 5.75 Å². The molecule has 134 valence electrons. The van der Waals surface area contributed by atoms with E-state index in [1.165, 1.54) is 5.56 Å². The third-order valence-corrected chi connectivity index (χ3v) is 4.04. The van der Waals surface area contributed by atoms with E-state index in [1.54, 1.807) is 31.4 Å². The third kappa shape index (κ3) is 4.27. The van der Waals surface area contributed by atoms with E-state index in [9.17, 15) is 4.79 Å². The smallest absolute Gasteiger partial charge is 0.322 e. The van der Waals surface area contributed by atoms with Crippen LogP contribution >= 0.6 is 0 Å². The average Bonchev–Trinajstić information content (AvgIpc) is 3.09. The second kappa shape index (κ2) is 7.82. The lowest BCUT2D eigenvalue weighted by atomic mass is 10.0. The number of hydrogen-bond acceptors (Lipinski definition) is 5. The van der Waals surface area contributed by atoms with Crippen molar-refractivity contribution in [1.29, 1.82) is 0 Å². The van der Waals surface area contributed by atoms with Crippen LogP contribution in [0.15, 0.2) is 52.9 Å². The molecule has 0 radical (unpaired) electrons. The Morgan fingerprint density at radius 1 is 1.08 bits per heavy atom. The van der Waals surface area contributed by atoms with Crippen molar-refractivity contribution >= 4 is 11.9 Å². The van der Waals surface area contributed by atoms with Crippen LogP contribution < -0.4 is 10.1 Å². The van der Waals surface area contributed by atoms with Crippen molar-refractivity contribution in [1.82, 2.24) is 10.2 Å². The first-order valence-electron chi connectivity index (χ1n) is 8.42. The summed E-state index contributed by atoms with van der Waals surface area (Å²) in [5, 5.41) is 10.5. The maximum atomic E-state index is 12.2. The van der Waals surface area contributed by atoms with Gasteiger partial charge in [-0.05, 0) is 41.3 Å². The number of methoxy groups -OCH3 is 1. The summed E-state index contributed by atoms with van der Waals surface area (Å²) in [7, 11) is 1.57. The molecule has 0 atom stereocenters. The lowest BCUT2D eigenvalue weighted by Crippen LogP contribution is -2.11. The number of benzene rings is 2. The molecule has 26 heavy (non-hydrogen) atoms. The predicted octanol–water partition coefficient (Wildman–Crippen LogP) is 4.04. The van der Waals surface area contributed by atoms with E-state index < -0.39 is 0 Å². The molecule has 0 unspecified atom stereocenters. The fourth-order valence-corrected chi connectivity index (χ4v) is 2.48. The standard InChI is InChI=1S/C20H21N3O3/c1-13(2)15-6-4-14(5-7-15)12-18-22-23-20(26-18)21-19(24)16-8-10-17(25-3)11-9-16/h4-11,13H,12H2,1-3H3,(H,21,23,24). The zero-order valence-corrected chi connectivity index (χ0v) is 15.0. The van der Waals surface area contributed by atoms with Crippen LogP contribution in [0.2, 0.25) is 0 Å².